The van der Waals surface area contributed by atoms with Gasteiger partial charge in [0.05, 0.1) is 20.3 Å². The molecule has 1 heterocycles. The number of benzene rings is 2. The van der Waals surface area contributed by atoms with E-state index in [1.807, 2.05) is 23.1 Å². The molecule has 0 saturated carbocycles. The van der Waals surface area contributed by atoms with Crippen molar-refractivity contribution in [3.05, 3.63) is 59.2 Å². The van der Waals surface area contributed by atoms with Crippen molar-refractivity contribution >= 4 is 5.91 Å². The molecule has 2 aromatic carbocycles. The standard InChI is InChI=1S/C20H24N2O3/c1-4-13-5-8-15(9-6-13)19-18(21)20(23)22(19)12-14-7-10-16(24-2)17(11-14)25-3/h5-11,18-19H,4,12,21H2,1-3H3/t18-,19-/m1/s1. The van der Waals surface area contributed by atoms with Crippen LogP contribution in [0.5, 0.6) is 11.5 Å². The van der Waals surface area contributed by atoms with Crippen LogP contribution in [-0.4, -0.2) is 31.1 Å². The molecule has 0 radical (unpaired) electrons. The van der Waals surface area contributed by atoms with E-state index in [0.29, 0.717) is 18.0 Å². The molecule has 25 heavy (non-hydrogen) atoms. The van der Waals surface area contributed by atoms with Crippen molar-refractivity contribution in [2.24, 2.45) is 5.73 Å². The van der Waals surface area contributed by atoms with Gasteiger partial charge in [-0.3, -0.25) is 4.79 Å². The van der Waals surface area contributed by atoms with Crippen LogP contribution in [0.3, 0.4) is 0 Å². The number of nitrogens with two attached hydrogens (primary N) is 1. The molecule has 1 fully saturated rings. The van der Waals surface area contributed by atoms with E-state index >= 15 is 0 Å². The predicted molar refractivity (Wildman–Crippen MR) is 96.6 cm³/mol. The summed E-state index contributed by atoms with van der Waals surface area (Å²) in [6.45, 7) is 2.62. The molecule has 1 amide bonds. The molecule has 1 aliphatic rings. The predicted octanol–water partition coefficient (Wildman–Crippen LogP) is 2.68. The Kier molecular flexibility index (Phi) is 4.95. The average Bonchev–Trinajstić information content (AvgIpc) is 2.67. The molecular formula is C20H24N2O3. The number of amides is 1. The van der Waals surface area contributed by atoms with E-state index in [9.17, 15) is 4.79 Å². The fourth-order valence-corrected chi connectivity index (χ4v) is 3.27. The van der Waals surface area contributed by atoms with E-state index < -0.39 is 6.04 Å². The maximum absolute atomic E-state index is 12.3. The highest BCUT2D eigenvalue weighted by molar-refractivity contribution is 5.89. The molecule has 3 rings (SSSR count). The second-order valence-electron chi connectivity index (χ2n) is 6.22. The Morgan fingerprint density at radius 3 is 2.24 bits per heavy atom. The first-order valence-electron chi connectivity index (χ1n) is 8.44. The molecule has 5 heteroatoms. The largest absolute Gasteiger partial charge is 0.493 e. The SMILES string of the molecule is CCc1ccc([C@@H]2[C@@H](N)C(=O)N2Cc2ccc(OC)c(OC)c2)cc1. The van der Waals surface area contributed by atoms with Crippen molar-refractivity contribution in [1.29, 1.82) is 0 Å². The third-order valence-corrected chi connectivity index (χ3v) is 4.77. The quantitative estimate of drug-likeness (QED) is 0.821. The van der Waals surface area contributed by atoms with Crippen LogP contribution < -0.4 is 15.2 Å². The van der Waals surface area contributed by atoms with Crippen LogP contribution in [0, 0.1) is 0 Å². The molecule has 1 aliphatic heterocycles. The number of carbonyl (C=O) groups excluding carboxylic acids is 1. The topological polar surface area (TPSA) is 64.8 Å². The number of likely N-dealkylation sites (tertiary alicyclic amines) is 1. The fourth-order valence-electron chi connectivity index (χ4n) is 3.27. The Hall–Kier alpha value is -2.53. The van der Waals surface area contributed by atoms with Gasteiger partial charge < -0.3 is 20.1 Å². The van der Waals surface area contributed by atoms with Gasteiger partial charge in [0.15, 0.2) is 11.5 Å². The van der Waals surface area contributed by atoms with Crippen LogP contribution in [0.25, 0.3) is 0 Å². The lowest BCUT2D eigenvalue weighted by atomic mass is 9.88. The van der Waals surface area contributed by atoms with Gasteiger partial charge >= 0.3 is 0 Å². The van der Waals surface area contributed by atoms with Crippen LogP contribution in [0.4, 0.5) is 0 Å². The van der Waals surface area contributed by atoms with Gasteiger partial charge in [-0.2, -0.15) is 0 Å². The Bertz CT molecular complexity index is 758. The number of rotatable bonds is 6. The van der Waals surface area contributed by atoms with Crippen molar-refractivity contribution < 1.29 is 14.3 Å². The molecule has 1 saturated heterocycles. The van der Waals surface area contributed by atoms with Gasteiger partial charge in [0.1, 0.15) is 6.04 Å². The Labute approximate surface area is 148 Å². The average molecular weight is 340 g/mol. The Morgan fingerprint density at radius 1 is 1.00 bits per heavy atom. The zero-order chi connectivity index (χ0) is 18.0. The lowest BCUT2D eigenvalue weighted by Gasteiger charge is -2.46. The summed E-state index contributed by atoms with van der Waals surface area (Å²) in [6.07, 6.45) is 0.991. The molecular weight excluding hydrogens is 316 g/mol. The summed E-state index contributed by atoms with van der Waals surface area (Å²) < 4.78 is 10.6. The summed E-state index contributed by atoms with van der Waals surface area (Å²) in [6, 6.07) is 13.4. The third-order valence-electron chi connectivity index (χ3n) is 4.77. The number of aryl methyl sites for hydroxylation is 1. The monoisotopic (exact) mass is 340 g/mol. The highest BCUT2D eigenvalue weighted by atomic mass is 16.5. The van der Waals surface area contributed by atoms with E-state index in [4.69, 9.17) is 15.2 Å². The van der Waals surface area contributed by atoms with Crippen molar-refractivity contribution in [2.45, 2.75) is 32.0 Å². The number of ether oxygens (including phenoxy) is 2. The number of hydrogen-bond donors (Lipinski definition) is 1. The highest BCUT2D eigenvalue weighted by Crippen LogP contribution is 2.36. The van der Waals surface area contributed by atoms with Gasteiger partial charge in [0.2, 0.25) is 5.91 Å². The van der Waals surface area contributed by atoms with Crippen LogP contribution in [0.15, 0.2) is 42.5 Å². The zero-order valence-electron chi connectivity index (χ0n) is 14.9. The van der Waals surface area contributed by atoms with Gasteiger partial charge in [0, 0.05) is 6.54 Å². The molecule has 0 bridgehead atoms. The summed E-state index contributed by atoms with van der Waals surface area (Å²) in [5.41, 5.74) is 9.40. The molecule has 2 aromatic rings. The molecule has 0 aliphatic carbocycles. The minimum Gasteiger partial charge on any atom is -0.493 e. The Morgan fingerprint density at radius 2 is 1.64 bits per heavy atom. The van der Waals surface area contributed by atoms with Gasteiger partial charge in [-0.15, -0.1) is 0 Å². The van der Waals surface area contributed by atoms with Gasteiger partial charge in [0.25, 0.3) is 0 Å². The van der Waals surface area contributed by atoms with Crippen molar-refractivity contribution in [3.8, 4) is 11.5 Å². The minimum absolute atomic E-state index is 0.0284. The van der Waals surface area contributed by atoms with Crippen LogP contribution in [0.2, 0.25) is 0 Å². The number of β-lactam (4-membered cyclic amide) rings is 1. The summed E-state index contributed by atoms with van der Waals surface area (Å²) in [4.78, 5) is 14.1. The molecule has 2 atom stereocenters. The number of methoxy groups -OCH3 is 2. The maximum Gasteiger partial charge on any atom is 0.242 e. The molecule has 0 spiro atoms. The molecule has 2 N–H and O–H groups in total. The summed E-state index contributed by atoms with van der Waals surface area (Å²) in [5, 5.41) is 0. The van der Waals surface area contributed by atoms with Crippen molar-refractivity contribution in [1.82, 2.24) is 4.90 Å². The second kappa shape index (κ2) is 7.15. The first-order valence-corrected chi connectivity index (χ1v) is 8.44. The van der Waals surface area contributed by atoms with Crippen molar-refractivity contribution in [2.75, 3.05) is 14.2 Å². The first-order chi connectivity index (χ1) is 12.1. The van der Waals surface area contributed by atoms with Crippen LogP contribution in [0.1, 0.15) is 29.7 Å². The van der Waals surface area contributed by atoms with Gasteiger partial charge in [-0.25, -0.2) is 0 Å². The van der Waals surface area contributed by atoms with Crippen molar-refractivity contribution in [3.63, 3.8) is 0 Å². The fraction of sp³-hybridized carbons (Fsp3) is 0.350. The normalized spacial score (nSPS) is 19.5. The number of hydrogen-bond acceptors (Lipinski definition) is 4. The van der Waals surface area contributed by atoms with Crippen LogP contribution in [-0.2, 0) is 17.8 Å². The lowest BCUT2D eigenvalue weighted by molar-refractivity contribution is -0.150. The second-order valence-corrected chi connectivity index (χ2v) is 6.22. The third kappa shape index (κ3) is 3.20. The van der Waals surface area contributed by atoms with E-state index in [1.54, 1.807) is 14.2 Å². The molecule has 0 unspecified atom stereocenters. The summed E-state index contributed by atoms with van der Waals surface area (Å²) in [7, 11) is 3.20. The smallest absolute Gasteiger partial charge is 0.242 e. The zero-order valence-corrected chi connectivity index (χ0v) is 14.9. The summed E-state index contributed by atoms with van der Waals surface area (Å²) in [5.74, 6) is 1.30. The lowest BCUT2D eigenvalue weighted by Crippen LogP contribution is -2.62. The van der Waals surface area contributed by atoms with E-state index in [2.05, 4.69) is 31.2 Å². The van der Waals surface area contributed by atoms with E-state index in [1.165, 1.54) is 5.56 Å². The number of nitrogens with zero attached hydrogens (tertiary/aromatic N) is 1. The first kappa shape index (κ1) is 17.3. The Balaban J connectivity index is 1.81. The van der Waals surface area contributed by atoms with Gasteiger partial charge in [-0.05, 0) is 35.2 Å². The summed E-state index contributed by atoms with van der Waals surface area (Å²) >= 11 is 0. The molecule has 5 nitrogen and oxygen atoms in total. The van der Waals surface area contributed by atoms with Crippen LogP contribution >= 0.6 is 0 Å². The highest BCUT2D eigenvalue weighted by Gasteiger charge is 2.45. The molecule has 0 aromatic heterocycles. The van der Waals surface area contributed by atoms with E-state index in [-0.39, 0.29) is 11.9 Å². The molecule has 132 valence electrons. The minimum atomic E-state index is -0.479. The van der Waals surface area contributed by atoms with Gasteiger partial charge in [-0.1, -0.05) is 37.3 Å². The maximum atomic E-state index is 12.3. The van der Waals surface area contributed by atoms with E-state index in [0.717, 1.165) is 17.5 Å². The number of carbonyl (C=O) groups is 1.